The molecule has 4 aromatic rings. The maximum Gasteiger partial charge on any atom is 0.223 e. The van der Waals surface area contributed by atoms with E-state index in [2.05, 4.69) is 61.9 Å². The molecule has 150 valence electrons. The topological polar surface area (TPSA) is 67.1 Å². The Labute approximate surface area is 182 Å². The highest BCUT2D eigenvalue weighted by Gasteiger charge is 2.25. The van der Waals surface area contributed by atoms with Gasteiger partial charge in [0.1, 0.15) is 11.5 Å². The van der Waals surface area contributed by atoms with Crippen molar-refractivity contribution in [2.75, 3.05) is 10.6 Å². The van der Waals surface area contributed by atoms with Gasteiger partial charge in [-0.1, -0.05) is 34.1 Å². The minimum absolute atomic E-state index is 0.503. The first kappa shape index (κ1) is 17.9. The largest absolute Gasteiger partial charge is 0.367 e. The summed E-state index contributed by atoms with van der Waals surface area (Å²) in [6.45, 7) is 0. The molecular formula is C23H21BrN6. The van der Waals surface area contributed by atoms with Gasteiger partial charge in [-0.3, -0.25) is 0 Å². The van der Waals surface area contributed by atoms with Crippen LogP contribution < -0.4 is 10.6 Å². The molecule has 1 aromatic carbocycles. The van der Waals surface area contributed by atoms with Gasteiger partial charge in [0, 0.05) is 28.3 Å². The van der Waals surface area contributed by atoms with Crippen molar-refractivity contribution in [3.63, 3.8) is 0 Å². The zero-order chi connectivity index (χ0) is 20.1. The number of fused-ring (bicyclic) bond motifs is 1. The summed E-state index contributed by atoms with van der Waals surface area (Å²) in [4.78, 5) is 9.27. The number of benzene rings is 1. The molecular weight excluding hydrogens is 440 g/mol. The van der Waals surface area contributed by atoms with Crippen LogP contribution in [0.15, 0.2) is 59.2 Å². The van der Waals surface area contributed by atoms with E-state index in [0.29, 0.717) is 18.0 Å². The van der Waals surface area contributed by atoms with E-state index >= 15 is 0 Å². The van der Waals surface area contributed by atoms with Crippen molar-refractivity contribution in [3.8, 4) is 22.5 Å². The second-order valence-electron chi connectivity index (χ2n) is 8.04. The number of pyridine rings is 1. The summed E-state index contributed by atoms with van der Waals surface area (Å²) in [5.41, 5.74) is 4.90. The fourth-order valence-corrected chi connectivity index (χ4v) is 4.08. The summed E-state index contributed by atoms with van der Waals surface area (Å²) in [6.07, 6.45) is 6.62. The number of hydrogen-bond acceptors (Lipinski definition) is 5. The van der Waals surface area contributed by atoms with E-state index in [0.717, 1.165) is 38.3 Å². The van der Waals surface area contributed by atoms with E-state index < -0.39 is 0 Å². The van der Waals surface area contributed by atoms with Crippen molar-refractivity contribution >= 4 is 33.2 Å². The number of aromatic nitrogens is 4. The van der Waals surface area contributed by atoms with Crippen LogP contribution in [-0.2, 0) is 0 Å². The van der Waals surface area contributed by atoms with Gasteiger partial charge < -0.3 is 10.6 Å². The lowest BCUT2D eigenvalue weighted by atomic mass is 10.0. The molecule has 0 radical (unpaired) electrons. The maximum atomic E-state index is 5.04. The molecule has 2 N–H and O–H groups in total. The fraction of sp³-hybridized carbons (Fsp3) is 0.261. The van der Waals surface area contributed by atoms with E-state index in [1.807, 2.05) is 28.9 Å². The van der Waals surface area contributed by atoms with Gasteiger partial charge in [0.2, 0.25) is 5.95 Å². The van der Waals surface area contributed by atoms with Crippen LogP contribution in [0.5, 0.6) is 0 Å². The molecule has 3 aromatic heterocycles. The van der Waals surface area contributed by atoms with Crippen LogP contribution in [0.2, 0.25) is 0 Å². The zero-order valence-corrected chi connectivity index (χ0v) is 17.9. The normalized spacial score (nSPS) is 16.0. The van der Waals surface area contributed by atoms with Gasteiger partial charge in [-0.25, -0.2) is 14.5 Å². The average Bonchev–Trinajstić information content (AvgIpc) is 3.68. The molecule has 0 aliphatic heterocycles. The first-order valence-corrected chi connectivity index (χ1v) is 11.2. The Bertz CT molecular complexity index is 1240. The standard InChI is InChI=1S/C23H21BrN6/c24-15-4-1-3-14(13-15)22-21(18-11-12-25-23(28-18)27-17-9-10-17)19-5-2-6-20(30(19)29-22)26-16-7-8-16/h1-6,11-13,16-17,26H,7-10H2,(H,25,27,28). The molecule has 2 fully saturated rings. The van der Waals surface area contributed by atoms with Gasteiger partial charge in [-0.15, -0.1) is 0 Å². The molecule has 6 rings (SSSR count). The summed E-state index contributed by atoms with van der Waals surface area (Å²) in [7, 11) is 0. The monoisotopic (exact) mass is 460 g/mol. The molecule has 7 heteroatoms. The van der Waals surface area contributed by atoms with E-state index in [9.17, 15) is 0 Å². The Morgan fingerprint density at radius 3 is 2.53 bits per heavy atom. The molecule has 0 unspecified atom stereocenters. The molecule has 0 atom stereocenters. The molecule has 3 heterocycles. The SMILES string of the molecule is Brc1cccc(-c2nn3c(NC4CC4)cccc3c2-c2ccnc(NC3CC3)n2)c1. The second-order valence-corrected chi connectivity index (χ2v) is 8.96. The van der Waals surface area contributed by atoms with E-state index in [1.165, 1.54) is 25.7 Å². The predicted octanol–water partition coefficient (Wildman–Crippen LogP) is 5.37. The summed E-state index contributed by atoms with van der Waals surface area (Å²) in [6, 6.07) is 17.6. The van der Waals surface area contributed by atoms with Crippen molar-refractivity contribution in [2.24, 2.45) is 0 Å². The molecule has 2 aliphatic carbocycles. The quantitative estimate of drug-likeness (QED) is 0.404. The number of rotatable bonds is 6. The van der Waals surface area contributed by atoms with Crippen LogP contribution >= 0.6 is 15.9 Å². The van der Waals surface area contributed by atoms with Crippen molar-refractivity contribution in [1.29, 1.82) is 0 Å². The van der Waals surface area contributed by atoms with Gasteiger partial charge in [0.25, 0.3) is 0 Å². The molecule has 0 spiro atoms. The highest BCUT2D eigenvalue weighted by Crippen LogP contribution is 2.37. The van der Waals surface area contributed by atoms with Crippen LogP contribution in [0, 0.1) is 0 Å². The van der Waals surface area contributed by atoms with Crippen molar-refractivity contribution in [2.45, 2.75) is 37.8 Å². The third kappa shape index (κ3) is 3.43. The van der Waals surface area contributed by atoms with Crippen LogP contribution in [0.25, 0.3) is 28.0 Å². The van der Waals surface area contributed by atoms with Crippen LogP contribution in [0.1, 0.15) is 25.7 Å². The average molecular weight is 461 g/mol. The van der Waals surface area contributed by atoms with Gasteiger partial charge in [0.15, 0.2) is 0 Å². The number of nitrogens with zero attached hydrogens (tertiary/aromatic N) is 4. The summed E-state index contributed by atoms with van der Waals surface area (Å²) in [5.74, 6) is 1.70. The van der Waals surface area contributed by atoms with Crippen LogP contribution in [-0.4, -0.2) is 31.7 Å². The molecule has 6 nitrogen and oxygen atoms in total. The first-order chi connectivity index (χ1) is 14.7. The minimum Gasteiger partial charge on any atom is -0.367 e. The third-order valence-corrected chi connectivity index (χ3v) is 6.00. The fourth-order valence-electron chi connectivity index (χ4n) is 3.68. The Kier molecular flexibility index (Phi) is 4.23. The smallest absolute Gasteiger partial charge is 0.223 e. The van der Waals surface area contributed by atoms with Gasteiger partial charge >= 0.3 is 0 Å². The van der Waals surface area contributed by atoms with E-state index in [4.69, 9.17) is 10.1 Å². The third-order valence-electron chi connectivity index (χ3n) is 5.51. The number of halogens is 1. The van der Waals surface area contributed by atoms with Gasteiger partial charge in [0.05, 0.1) is 16.8 Å². The van der Waals surface area contributed by atoms with Gasteiger partial charge in [-0.05, 0) is 56.0 Å². The van der Waals surface area contributed by atoms with Crippen molar-refractivity contribution in [3.05, 3.63) is 59.2 Å². The summed E-state index contributed by atoms with van der Waals surface area (Å²) in [5, 5.41) is 12.1. The predicted molar refractivity (Wildman–Crippen MR) is 123 cm³/mol. The van der Waals surface area contributed by atoms with E-state index in [1.54, 1.807) is 0 Å². The highest BCUT2D eigenvalue weighted by atomic mass is 79.9. The zero-order valence-electron chi connectivity index (χ0n) is 16.3. The number of hydrogen-bond donors (Lipinski definition) is 2. The molecule has 0 amide bonds. The molecule has 0 bridgehead atoms. The van der Waals surface area contributed by atoms with Crippen molar-refractivity contribution < 1.29 is 0 Å². The lowest BCUT2D eigenvalue weighted by molar-refractivity contribution is 0.946. The Morgan fingerprint density at radius 1 is 0.933 bits per heavy atom. The Balaban J connectivity index is 1.56. The van der Waals surface area contributed by atoms with Crippen LogP contribution in [0.3, 0.4) is 0 Å². The highest BCUT2D eigenvalue weighted by molar-refractivity contribution is 9.10. The number of anilines is 2. The molecule has 30 heavy (non-hydrogen) atoms. The second kappa shape index (κ2) is 7.09. The Morgan fingerprint density at radius 2 is 1.73 bits per heavy atom. The van der Waals surface area contributed by atoms with E-state index in [-0.39, 0.29) is 0 Å². The van der Waals surface area contributed by atoms with Gasteiger partial charge in [-0.2, -0.15) is 5.10 Å². The molecule has 0 saturated heterocycles. The maximum absolute atomic E-state index is 5.04. The first-order valence-electron chi connectivity index (χ1n) is 10.4. The summed E-state index contributed by atoms with van der Waals surface area (Å²) >= 11 is 3.60. The van der Waals surface area contributed by atoms with Crippen molar-refractivity contribution in [1.82, 2.24) is 19.6 Å². The Hall–Kier alpha value is -2.93. The lowest BCUT2D eigenvalue weighted by Crippen LogP contribution is -2.06. The number of nitrogens with one attached hydrogen (secondary N) is 2. The minimum atomic E-state index is 0.503. The summed E-state index contributed by atoms with van der Waals surface area (Å²) < 4.78 is 3.04. The van der Waals surface area contributed by atoms with Crippen LogP contribution in [0.4, 0.5) is 11.8 Å². The molecule has 2 saturated carbocycles. The molecule has 2 aliphatic rings. The lowest BCUT2D eigenvalue weighted by Gasteiger charge is -2.08.